The fourth-order valence-corrected chi connectivity index (χ4v) is 2.47. The van der Waals surface area contributed by atoms with Crippen LogP contribution in [0.1, 0.15) is 27.0 Å². The van der Waals surface area contributed by atoms with E-state index >= 15 is 0 Å². The van der Waals surface area contributed by atoms with Gasteiger partial charge < -0.3 is 11.1 Å². The van der Waals surface area contributed by atoms with Gasteiger partial charge in [-0.15, -0.1) is 0 Å². The molecule has 0 fully saturated rings. The molecule has 1 amide bonds. The number of nitrogens with one attached hydrogen (secondary N) is 1. The summed E-state index contributed by atoms with van der Waals surface area (Å²) in [6, 6.07) is 9.10. The SMILES string of the molecule is Cc1cc(C)c(NC(=O)c2cccc(Cl)c2N)c(C)c1. The molecule has 0 aliphatic heterocycles. The van der Waals surface area contributed by atoms with Gasteiger partial charge >= 0.3 is 0 Å². The molecule has 0 saturated heterocycles. The van der Waals surface area contributed by atoms with Crippen LogP contribution >= 0.6 is 11.6 Å². The van der Waals surface area contributed by atoms with Crippen LogP contribution in [0.4, 0.5) is 11.4 Å². The Morgan fingerprint density at radius 1 is 1.15 bits per heavy atom. The number of carbonyl (C=O) groups is 1. The number of carbonyl (C=O) groups excluding carboxylic acids is 1. The van der Waals surface area contributed by atoms with Gasteiger partial charge in [-0.1, -0.05) is 35.4 Å². The Labute approximate surface area is 123 Å². The molecule has 0 aliphatic carbocycles. The number of hydrogen-bond acceptors (Lipinski definition) is 2. The van der Waals surface area contributed by atoms with Gasteiger partial charge in [-0.25, -0.2) is 0 Å². The second-order valence-electron chi connectivity index (χ2n) is 4.93. The molecule has 2 aromatic carbocycles. The first kappa shape index (κ1) is 14.4. The normalized spacial score (nSPS) is 10.4. The van der Waals surface area contributed by atoms with Crippen molar-refractivity contribution in [1.82, 2.24) is 0 Å². The lowest BCUT2D eigenvalue weighted by atomic mass is 10.0. The van der Waals surface area contributed by atoms with Crippen LogP contribution < -0.4 is 11.1 Å². The largest absolute Gasteiger partial charge is 0.397 e. The Morgan fingerprint density at radius 3 is 2.35 bits per heavy atom. The maximum absolute atomic E-state index is 12.3. The number of halogens is 1. The van der Waals surface area contributed by atoms with Crippen molar-refractivity contribution < 1.29 is 4.79 Å². The van der Waals surface area contributed by atoms with E-state index in [1.54, 1.807) is 18.2 Å². The molecule has 104 valence electrons. The molecule has 3 N–H and O–H groups in total. The summed E-state index contributed by atoms with van der Waals surface area (Å²) >= 11 is 5.94. The van der Waals surface area contributed by atoms with Crippen LogP contribution in [0, 0.1) is 20.8 Å². The molecule has 0 atom stereocenters. The molecule has 2 rings (SSSR count). The standard InChI is InChI=1S/C16H17ClN2O/c1-9-7-10(2)15(11(3)8-9)19-16(20)12-5-4-6-13(17)14(12)18/h4-8H,18H2,1-3H3,(H,19,20). The zero-order valence-electron chi connectivity index (χ0n) is 11.8. The van der Waals surface area contributed by atoms with Crippen LogP contribution in [0.2, 0.25) is 5.02 Å². The topological polar surface area (TPSA) is 55.1 Å². The quantitative estimate of drug-likeness (QED) is 0.818. The Kier molecular flexibility index (Phi) is 4.00. The summed E-state index contributed by atoms with van der Waals surface area (Å²) in [5.41, 5.74) is 10.6. The van der Waals surface area contributed by atoms with Crippen molar-refractivity contribution in [2.45, 2.75) is 20.8 Å². The number of rotatable bonds is 2. The highest BCUT2D eigenvalue weighted by atomic mass is 35.5. The van der Waals surface area contributed by atoms with Crippen molar-refractivity contribution in [1.29, 1.82) is 0 Å². The van der Waals surface area contributed by atoms with Crippen LogP contribution in [0.25, 0.3) is 0 Å². The number of amides is 1. The number of aryl methyl sites for hydroxylation is 3. The Balaban J connectivity index is 2.36. The van der Waals surface area contributed by atoms with Gasteiger partial charge in [0.1, 0.15) is 0 Å². The average molecular weight is 289 g/mol. The molecule has 0 aliphatic rings. The van der Waals surface area contributed by atoms with Crippen molar-refractivity contribution in [2.24, 2.45) is 0 Å². The van der Waals surface area contributed by atoms with E-state index in [4.69, 9.17) is 17.3 Å². The average Bonchev–Trinajstić information content (AvgIpc) is 2.36. The number of anilines is 2. The van der Waals surface area contributed by atoms with Gasteiger partial charge in [0.25, 0.3) is 5.91 Å². The van der Waals surface area contributed by atoms with Gasteiger partial charge in [0.05, 0.1) is 16.3 Å². The van der Waals surface area contributed by atoms with Crippen molar-refractivity contribution >= 4 is 28.9 Å². The van der Waals surface area contributed by atoms with Crippen LogP contribution in [0.15, 0.2) is 30.3 Å². The monoisotopic (exact) mass is 288 g/mol. The molecule has 20 heavy (non-hydrogen) atoms. The van der Waals surface area contributed by atoms with E-state index in [9.17, 15) is 4.79 Å². The first-order valence-corrected chi connectivity index (χ1v) is 6.71. The summed E-state index contributed by atoms with van der Waals surface area (Å²) < 4.78 is 0. The predicted molar refractivity (Wildman–Crippen MR) is 84.5 cm³/mol. The molecule has 0 heterocycles. The number of para-hydroxylation sites is 1. The van der Waals surface area contributed by atoms with E-state index in [2.05, 4.69) is 5.32 Å². The van der Waals surface area contributed by atoms with Crippen molar-refractivity contribution in [2.75, 3.05) is 11.1 Å². The van der Waals surface area contributed by atoms with Crippen molar-refractivity contribution in [3.8, 4) is 0 Å². The van der Waals surface area contributed by atoms with Crippen LogP contribution in [-0.4, -0.2) is 5.91 Å². The Hall–Kier alpha value is -2.00. The summed E-state index contributed by atoms with van der Waals surface area (Å²) in [5.74, 6) is -0.250. The van der Waals surface area contributed by atoms with Gasteiger partial charge in [-0.2, -0.15) is 0 Å². The fourth-order valence-electron chi connectivity index (χ4n) is 2.29. The lowest BCUT2D eigenvalue weighted by molar-refractivity contribution is 0.102. The molecule has 0 aromatic heterocycles. The fraction of sp³-hybridized carbons (Fsp3) is 0.188. The molecule has 4 heteroatoms. The molecular weight excluding hydrogens is 272 g/mol. The maximum Gasteiger partial charge on any atom is 0.257 e. The highest BCUT2D eigenvalue weighted by Gasteiger charge is 2.14. The van der Waals surface area contributed by atoms with Crippen LogP contribution in [0.3, 0.4) is 0 Å². The van der Waals surface area contributed by atoms with Gasteiger partial charge in [0.15, 0.2) is 0 Å². The molecular formula is C16H17ClN2O. The zero-order valence-corrected chi connectivity index (χ0v) is 12.5. The molecule has 0 radical (unpaired) electrons. The van der Waals surface area contributed by atoms with Crippen LogP contribution in [-0.2, 0) is 0 Å². The lowest BCUT2D eigenvalue weighted by Gasteiger charge is -2.14. The second kappa shape index (κ2) is 5.55. The summed E-state index contributed by atoms with van der Waals surface area (Å²) in [7, 11) is 0. The second-order valence-corrected chi connectivity index (χ2v) is 5.34. The summed E-state index contributed by atoms with van der Waals surface area (Å²) in [6.07, 6.45) is 0. The summed E-state index contributed by atoms with van der Waals surface area (Å²) in [5, 5.41) is 3.30. The van der Waals surface area contributed by atoms with Gasteiger partial charge in [-0.3, -0.25) is 4.79 Å². The maximum atomic E-state index is 12.3. The van der Waals surface area contributed by atoms with E-state index in [1.807, 2.05) is 32.9 Å². The Bertz CT molecular complexity index is 657. The minimum absolute atomic E-state index is 0.250. The molecule has 0 unspecified atom stereocenters. The van der Waals surface area contributed by atoms with Crippen molar-refractivity contribution in [3.63, 3.8) is 0 Å². The zero-order chi connectivity index (χ0) is 14.9. The lowest BCUT2D eigenvalue weighted by Crippen LogP contribution is -2.15. The molecule has 0 saturated carbocycles. The van der Waals surface area contributed by atoms with Crippen molar-refractivity contribution in [3.05, 3.63) is 57.6 Å². The third-order valence-electron chi connectivity index (χ3n) is 3.21. The van der Waals surface area contributed by atoms with E-state index < -0.39 is 0 Å². The third-order valence-corrected chi connectivity index (χ3v) is 3.54. The van der Waals surface area contributed by atoms with Gasteiger partial charge in [0, 0.05) is 5.69 Å². The first-order valence-electron chi connectivity index (χ1n) is 6.33. The molecule has 2 aromatic rings. The van der Waals surface area contributed by atoms with E-state index in [0.717, 1.165) is 16.8 Å². The summed E-state index contributed by atoms with van der Waals surface area (Å²) in [6.45, 7) is 5.97. The minimum atomic E-state index is -0.250. The van der Waals surface area contributed by atoms with Crippen LogP contribution in [0.5, 0.6) is 0 Å². The van der Waals surface area contributed by atoms with E-state index in [0.29, 0.717) is 16.3 Å². The highest BCUT2D eigenvalue weighted by molar-refractivity contribution is 6.34. The van der Waals surface area contributed by atoms with E-state index in [-0.39, 0.29) is 5.91 Å². The summed E-state index contributed by atoms with van der Waals surface area (Å²) in [4.78, 5) is 12.3. The number of benzene rings is 2. The molecule has 3 nitrogen and oxygen atoms in total. The van der Waals surface area contributed by atoms with Gasteiger partial charge in [0.2, 0.25) is 0 Å². The number of nitrogen functional groups attached to an aromatic ring is 1. The third kappa shape index (κ3) is 2.78. The molecule has 0 bridgehead atoms. The Morgan fingerprint density at radius 2 is 1.75 bits per heavy atom. The minimum Gasteiger partial charge on any atom is -0.397 e. The molecule has 0 spiro atoms. The first-order chi connectivity index (χ1) is 9.40. The predicted octanol–water partition coefficient (Wildman–Crippen LogP) is 4.10. The van der Waals surface area contributed by atoms with E-state index in [1.165, 1.54) is 5.56 Å². The number of nitrogens with two attached hydrogens (primary N) is 1. The smallest absolute Gasteiger partial charge is 0.257 e. The number of hydrogen-bond donors (Lipinski definition) is 2. The highest BCUT2D eigenvalue weighted by Crippen LogP contribution is 2.26. The van der Waals surface area contributed by atoms with Gasteiger partial charge in [-0.05, 0) is 44.0 Å².